The van der Waals surface area contributed by atoms with Gasteiger partial charge in [0.1, 0.15) is 12.3 Å². The first-order chi connectivity index (χ1) is 11.6. The van der Waals surface area contributed by atoms with Crippen molar-refractivity contribution in [2.75, 3.05) is 0 Å². The summed E-state index contributed by atoms with van der Waals surface area (Å²) in [6.45, 7) is 4.76. The van der Waals surface area contributed by atoms with Crippen LogP contribution in [0.15, 0.2) is 42.6 Å². The van der Waals surface area contributed by atoms with Crippen LogP contribution in [0.1, 0.15) is 48.0 Å². The van der Waals surface area contributed by atoms with Gasteiger partial charge >= 0.3 is 0 Å². The number of nitrogens with one attached hydrogen (secondary N) is 1. The van der Waals surface area contributed by atoms with Crippen LogP contribution in [0, 0.1) is 5.92 Å². The van der Waals surface area contributed by atoms with Crippen LogP contribution in [-0.2, 0) is 17.8 Å². The van der Waals surface area contributed by atoms with Crippen molar-refractivity contribution >= 4 is 11.9 Å². The molecule has 1 atom stereocenters. The van der Waals surface area contributed by atoms with Gasteiger partial charge in [-0.05, 0) is 29.5 Å². The summed E-state index contributed by atoms with van der Waals surface area (Å²) in [4.78, 5) is 16.2. The number of aromatic nitrogens is 1. The van der Waals surface area contributed by atoms with Crippen LogP contribution in [0.4, 0.5) is 0 Å². The van der Waals surface area contributed by atoms with Gasteiger partial charge in [0.15, 0.2) is 0 Å². The predicted octanol–water partition coefficient (Wildman–Crippen LogP) is 2.97. The second-order valence-corrected chi connectivity index (χ2v) is 6.54. The van der Waals surface area contributed by atoms with Crippen molar-refractivity contribution in [3.8, 4) is 0 Å². The number of aldehydes is 1. The first kappa shape index (κ1) is 16.4. The molecule has 0 fully saturated rings. The molecule has 0 amide bonds. The molecule has 0 aliphatic carbocycles. The Morgan fingerprint density at radius 1 is 1.29 bits per heavy atom. The molecule has 0 bridgehead atoms. The van der Waals surface area contributed by atoms with Crippen LogP contribution in [0.25, 0.3) is 5.57 Å². The molecule has 1 aliphatic rings. The van der Waals surface area contributed by atoms with Gasteiger partial charge in [-0.2, -0.15) is 0 Å². The number of carbonyl (C=O) groups excluding carboxylic acids is 1. The topological polar surface area (TPSA) is 68.0 Å². The minimum absolute atomic E-state index is 0.369. The van der Waals surface area contributed by atoms with Crippen LogP contribution in [-0.4, -0.2) is 11.3 Å². The quantitative estimate of drug-likeness (QED) is 0.831. The average molecular weight is 321 g/mol. The molecule has 1 unspecified atom stereocenters. The number of carbonyl (C=O) groups is 1. The molecule has 1 aliphatic heterocycles. The van der Waals surface area contributed by atoms with Gasteiger partial charge in [0.2, 0.25) is 0 Å². The SMILES string of the molecule is CC(C)Cc1cc(CN)nc2c1C(c1ccccc1)=CNC2C=O. The van der Waals surface area contributed by atoms with Crippen molar-refractivity contribution in [2.24, 2.45) is 11.7 Å². The second-order valence-electron chi connectivity index (χ2n) is 6.54. The fourth-order valence-electron chi connectivity index (χ4n) is 3.20. The monoisotopic (exact) mass is 321 g/mol. The van der Waals surface area contributed by atoms with E-state index < -0.39 is 6.04 Å². The van der Waals surface area contributed by atoms with Gasteiger partial charge in [-0.25, -0.2) is 0 Å². The Balaban J connectivity index is 2.23. The van der Waals surface area contributed by atoms with E-state index in [9.17, 15) is 4.79 Å². The minimum Gasteiger partial charge on any atom is -0.376 e. The highest BCUT2D eigenvalue weighted by atomic mass is 16.1. The second kappa shape index (κ2) is 6.97. The molecule has 2 heterocycles. The smallest absolute Gasteiger partial charge is 0.148 e. The molecule has 24 heavy (non-hydrogen) atoms. The van der Waals surface area contributed by atoms with E-state index in [0.717, 1.165) is 40.8 Å². The molecule has 0 saturated carbocycles. The molecular weight excluding hydrogens is 298 g/mol. The zero-order chi connectivity index (χ0) is 17.1. The Morgan fingerprint density at radius 3 is 2.67 bits per heavy atom. The first-order valence-electron chi connectivity index (χ1n) is 8.34. The lowest BCUT2D eigenvalue weighted by Crippen LogP contribution is -2.26. The lowest BCUT2D eigenvalue weighted by Gasteiger charge is -2.27. The summed E-state index contributed by atoms with van der Waals surface area (Å²) in [6.07, 6.45) is 3.77. The molecule has 3 N–H and O–H groups in total. The molecule has 4 heteroatoms. The summed E-state index contributed by atoms with van der Waals surface area (Å²) >= 11 is 0. The summed E-state index contributed by atoms with van der Waals surface area (Å²) in [6, 6.07) is 11.9. The maximum atomic E-state index is 11.5. The zero-order valence-electron chi connectivity index (χ0n) is 14.1. The number of benzene rings is 1. The molecule has 4 nitrogen and oxygen atoms in total. The van der Waals surface area contributed by atoms with Crippen molar-refractivity contribution in [1.29, 1.82) is 0 Å². The average Bonchev–Trinajstić information content (AvgIpc) is 2.60. The third kappa shape index (κ3) is 3.10. The van der Waals surface area contributed by atoms with Crippen molar-refractivity contribution in [3.05, 3.63) is 70.7 Å². The van der Waals surface area contributed by atoms with E-state index in [1.54, 1.807) is 0 Å². The van der Waals surface area contributed by atoms with Crippen molar-refractivity contribution < 1.29 is 4.79 Å². The Morgan fingerprint density at radius 2 is 2.04 bits per heavy atom. The maximum absolute atomic E-state index is 11.5. The predicted molar refractivity (Wildman–Crippen MR) is 96.1 cm³/mol. The lowest BCUT2D eigenvalue weighted by molar-refractivity contribution is -0.109. The Hall–Kier alpha value is -2.46. The van der Waals surface area contributed by atoms with Gasteiger partial charge in [0.25, 0.3) is 0 Å². The van der Waals surface area contributed by atoms with Crippen molar-refractivity contribution in [3.63, 3.8) is 0 Å². The molecule has 0 saturated heterocycles. The summed E-state index contributed by atoms with van der Waals surface area (Å²) < 4.78 is 0. The van der Waals surface area contributed by atoms with Crippen molar-refractivity contribution in [2.45, 2.75) is 32.9 Å². The minimum atomic E-state index is -0.426. The van der Waals surface area contributed by atoms with Gasteiger partial charge in [-0.1, -0.05) is 44.2 Å². The Bertz CT molecular complexity index is 766. The van der Waals surface area contributed by atoms with Crippen LogP contribution < -0.4 is 11.1 Å². The highest BCUT2D eigenvalue weighted by Crippen LogP contribution is 2.35. The van der Waals surface area contributed by atoms with E-state index in [1.807, 2.05) is 24.4 Å². The van der Waals surface area contributed by atoms with Gasteiger partial charge in [0.05, 0.1) is 11.4 Å². The van der Waals surface area contributed by atoms with Gasteiger partial charge in [-0.15, -0.1) is 0 Å². The standard InChI is InChI=1S/C20H23N3O/c1-13(2)8-15-9-16(10-21)23-20-18(12-24)22-11-17(19(15)20)14-6-4-3-5-7-14/h3-7,9,11-13,18,22H,8,10,21H2,1-2H3. The number of fused-ring (bicyclic) bond motifs is 1. The third-order valence-corrected chi connectivity index (χ3v) is 4.21. The number of nitrogens with zero attached hydrogens (tertiary/aromatic N) is 1. The fourth-order valence-corrected chi connectivity index (χ4v) is 3.20. The van der Waals surface area contributed by atoms with Crippen LogP contribution in [0.3, 0.4) is 0 Å². The van der Waals surface area contributed by atoms with Gasteiger partial charge in [0, 0.05) is 23.9 Å². The largest absolute Gasteiger partial charge is 0.376 e. The summed E-state index contributed by atoms with van der Waals surface area (Å²) in [5.74, 6) is 0.503. The van der Waals surface area contributed by atoms with Crippen LogP contribution in [0.5, 0.6) is 0 Å². The third-order valence-electron chi connectivity index (χ3n) is 4.21. The fraction of sp³-hybridized carbons (Fsp3) is 0.300. The normalized spacial score (nSPS) is 16.3. The van der Waals surface area contributed by atoms with Crippen molar-refractivity contribution in [1.82, 2.24) is 10.3 Å². The highest BCUT2D eigenvalue weighted by molar-refractivity contribution is 5.86. The van der Waals surface area contributed by atoms with Crippen LogP contribution in [0.2, 0.25) is 0 Å². The lowest BCUT2D eigenvalue weighted by atomic mass is 9.85. The summed E-state index contributed by atoms with van der Waals surface area (Å²) in [7, 11) is 0. The number of rotatable bonds is 5. The van der Waals surface area contributed by atoms with Crippen LogP contribution >= 0.6 is 0 Å². The van der Waals surface area contributed by atoms with E-state index in [0.29, 0.717) is 12.5 Å². The van der Waals surface area contributed by atoms with Gasteiger partial charge in [-0.3, -0.25) is 4.98 Å². The number of hydrogen-bond acceptors (Lipinski definition) is 4. The molecule has 1 aromatic heterocycles. The first-order valence-corrected chi connectivity index (χ1v) is 8.34. The van der Waals surface area contributed by atoms with E-state index in [4.69, 9.17) is 5.73 Å². The van der Waals surface area contributed by atoms with E-state index in [1.165, 1.54) is 5.56 Å². The summed E-state index contributed by atoms with van der Waals surface area (Å²) in [5, 5.41) is 3.17. The zero-order valence-corrected chi connectivity index (χ0v) is 14.1. The molecular formula is C20H23N3O. The number of nitrogens with two attached hydrogens (primary N) is 1. The summed E-state index contributed by atoms with van der Waals surface area (Å²) in [5.41, 5.74) is 11.9. The molecule has 124 valence electrons. The number of pyridine rings is 1. The highest BCUT2D eigenvalue weighted by Gasteiger charge is 2.26. The molecule has 2 aromatic rings. The molecule has 0 radical (unpaired) electrons. The molecule has 1 aromatic carbocycles. The maximum Gasteiger partial charge on any atom is 0.148 e. The molecule has 0 spiro atoms. The van der Waals surface area contributed by atoms with Gasteiger partial charge < -0.3 is 15.8 Å². The van der Waals surface area contributed by atoms with E-state index in [2.05, 4.69) is 42.3 Å². The Labute approximate surface area is 142 Å². The Kier molecular flexibility index (Phi) is 4.76. The number of hydrogen-bond donors (Lipinski definition) is 2. The molecule has 3 rings (SSSR count). The van der Waals surface area contributed by atoms with E-state index >= 15 is 0 Å². The van der Waals surface area contributed by atoms with E-state index in [-0.39, 0.29) is 0 Å².